The molecule has 0 amide bonds. The highest BCUT2D eigenvalue weighted by molar-refractivity contribution is 6.83. The number of rotatable bonds is 2. The number of hydrogen-bond acceptors (Lipinski definition) is 2. The molecule has 0 bridgehead atoms. The summed E-state index contributed by atoms with van der Waals surface area (Å²) in [6.07, 6.45) is 5.59. The molecule has 2 heterocycles. The lowest BCUT2D eigenvalue weighted by Crippen LogP contribution is -2.16. The average Bonchev–Trinajstić information content (AvgIpc) is 2.80. The molecule has 3 nitrogen and oxygen atoms in total. The fourth-order valence-corrected chi connectivity index (χ4v) is 1.93. The molecule has 2 rings (SSSR count). The largest absolute Gasteiger partial charge is 0.268 e. The average molecular weight is 255 g/mol. The van der Waals surface area contributed by atoms with E-state index in [0.29, 0.717) is 0 Å². The van der Waals surface area contributed by atoms with Gasteiger partial charge in [-0.2, -0.15) is 5.10 Å². The molecule has 18 heavy (non-hydrogen) atoms. The second-order valence-corrected chi connectivity index (χ2v) is 10.0. The van der Waals surface area contributed by atoms with Crippen molar-refractivity contribution in [3.05, 3.63) is 48.0 Å². The van der Waals surface area contributed by atoms with Crippen molar-refractivity contribution in [2.45, 2.75) is 26.2 Å². The van der Waals surface area contributed by atoms with Crippen molar-refractivity contribution in [3.63, 3.8) is 0 Å². The first kappa shape index (κ1) is 12.6. The van der Waals surface area contributed by atoms with E-state index in [1.54, 1.807) is 6.20 Å². The molecule has 2 aromatic heterocycles. The van der Waals surface area contributed by atoms with Crippen LogP contribution in [0.3, 0.4) is 0 Å². The molecular weight excluding hydrogens is 238 g/mol. The van der Waals surface area contributed by atoms with Crippen LogP contribution in [0.15, 0.2) is 36.8 Å². The first-order valence-corrected chi connectivity index (χ1v) is 9.48. The van der Waals surface area contributed by atoms with E-state index in [-0.39, 0.29) is 0 Å². The smallest absolute Gasteiger partial charge is 0.129 e. The van der Waals surface area contributed by atoms with Gasteiger partial charge in [0.2, 0.25) is 0 Å². The van der Waals surface area contributed by atoms with Crippen molar-refractivity contribution in [2.24, 2.45) is 0 Å². The van der Waals surface area contributed by atoms with E-state index < -0.39 is 8.07 Å². The third-order valence-electron chi connectivity index (χ3n) is 2.29. The monoisotopic (exact) mass is 255 g/mol. The van der Waals surface area contributed by atoms with Crippen molar-refractivity contribution in [3.8, 4) is 11.5 Å². The maximum Gasteiger partial charge on any atom is 0.129 e. The molecular formula is C14H17N3Si. The van der Waals surface area contributed by atoms with Crippen molar-refractivity contribution in [2.75, 3.05) is 0 Å². The maximum atomic E-state index is 4.37. The Morgan fingerprint density at radius 3 is 2.67 bits per heavy atom. The zero-order chi connectivity index (χ0) is 13.0. The Labute approximate surface area is 109 Å². The summed E-state index contributed by atoms with van der Waals surface area (Å²) in [5.74, 6) is 3.15. The summed E-state index contributed by atoms with van der Waals surface area (Å²) < 4.78 is 1.88. The highest BCUT2D eigenvalue weighted by Crippen LogP contribution is 2.03. The van der Waals surface area contributed by atoms with Crippen molar-refractivity contribution in [1.82, 2.24) is 14.8 Å². The molecule has 0 atom stereocenters. The third-order valence-corrected chi connectivity index (χ3v) is 3.17. The molecule has 0 saturated carbocycles. The summed E-state index contributed by atoms with van der Waals surface area (Å²) in [5.41, 5.74) is 5.30. The molecule has 0 fully saturated rings. The van der Waals surface area contributed by atoms with Gasteiger partial charge in [-0.3, -0.25) is 4.68 Å². The van der Waals surface area contributed by atoms with Crippen LogP contribution in [0.2, 0.25) is 19.6 Å². The van der Waals surface area contributed by atoms with E-state index in [9.17, 15) is 0 Å². The predicted octanol–water partition coefficient (Wildman–Crippen LogP) is 2.56. The number of pyridine rings is 1. The Balaban J connectivity index is 2.08. The van der Waals surface area contributed by atoms with Crippen LogP contribution >= 0.6 is 0 Å². The molecule has 4 heteroatoms. The molecule has 0 spiro atoms. The summed E-state index contributed by atoms with van der Waals surface area (Å²) >= 11 is 0. The molecule has 0 aliphatic carbocycles. The second-order valence-electron chi connectivity index (χ2n) is 5.26. The Hall–Kier alpha value is -1.86. The molecule has 0 unspecified atom stereocenters. The lowest BCUT2D eigenvalue weighted by atomic mass is 10.2. The summed E-state index contributed by atoms with van der Waals surface area (Å²) in [7, 11) is -1.32. The standard InChI is InChI=1S/C14H17N3Si/c1-18(2,3)10-7-14-6-5-13(11-15-14)12-17-9-4-8-16-17/h4-6,8-9,11H,12H2,1-3H3. The van der Waals surface area contributed by atoms with Gasteiger partial charge in [0.1, 0.15) is 13.8 Å². The molecule has 0 N–H and O–H groups in total. The lowest BCUT2D eigenvalue weighted by Gasteiger charge is -2.03. The molecule has 0 saturated heterocycles. The van der Waals surface area contributed by atoms with E-state index in [1.807, 2.05) is 29.2 Å². The van der Waals surface area contributed by atoms with Crippen LogP contribution in [0.1, 0.15) is 11.3 Å². The van der Waals surface area contributed by atoms with E-state index in [1.165, 1.54) is 0 Å². The minimum atomic E-state index is -1.32. The minimum absolute atomic E-state index is 0.752. The number of hydrogen-bond donors (Lipinski definition) is 0. The van der Waals surface area contributed by atoms with Gasteiger partial charge in [-0.15, -0.1) is 5.54 Å². The zero-order valence-corrected chi connectivity index (χ0v) is 12.0. The quantitative estimate of drug-likeness (QED) is 0.610. The van der Waals surface area contributed by atoms with Crippen molar-refractivity contribution >= 4 is 8.07 Å². The fraction of sp³-hybridized carbons (Fsp3) is 0.286. The first-order chi connectivity index (χ1) is 8.53. The van der Waals surface area contributed by atoms with Crippen LogP contribution in [0, 0.1) is 11.5 Å². The van der Waals surface area contributed by atoms with Crippen LogP contribution < -0.4 is 0 Å². The van der Waals surface area contributed by atoms with Gasteiger partial charge < -0.3 is 0 Å². The number of aromatic nitrogens is 3. The predicted molar refractivity (Wildman–Crippen MR) is 75.8 cm³/mol. The highest BCUT2D eigenvalue weighted by atomic mass is 28.3. The van der Waals surface area contributed by atoms with Gasteiger partial charge in [-0.05, 0) is 17.7 Å². The van der Waals surface area contributed by atoms with Crippen LogP contribution in [0.5, 0.6) is 0 Å². The Morgan fingerprint density at radius 1 is 1.28 bits per heavy atom. The van der Waals surface area contributed by atoms with Crippen molar-refractivity contribution < 1.29 is 0 Å². The minimum Gasteiger partial charge on any atom is -0.268 e. The first-order valence-electron chi connectivity index (χ1n) is 5.98. The SMILES string of the molecule is C[Si](C)(C)C#Cc1ccc(Cn2cccn2)cn1. The normalized spacial score (nSPS) is 10.8. The molecule has 92 valence electrons. The van der Waals surface area contributed by atoms with Gasteiger partial charge in [0, 0.05) is 18.6 Å². The van der Waals surface area contributed by atoms with E-state index in [4.69, 9.17) is 0 Å². The number of nitrogens with zero attached hydrogens (tertiary/aromatic N) is 3. The van der Waals surface area contributed by atoms with E-state index in [0.717, 1.165) is 17.8 Å². The summed E-state index contributed by atoms with van der Waals surface area (Å²) in [5, 5.41) is 4.17. The van der Waals surface area contributed by atoms with Crippen LogP contribution in [0.4, 0.5) is 0 Å². The highest BCUT2D eigenvalue weighted by Gasteiger charge is 2.07. The molecule has 0 aromatic carbocycles. The van der Waals surface area contributed by atoms with Gasteiger partial charge in [0.25, 0.3) is 0 Å². The molecule has 2 aromatic rings. The van der Waals surface area contributed by atoms with Crippen LogP contribution in [0.25, 0.3) is 0 Å². The van der Waals surface area contributed by atoms with Crippen LogP contribution in [-0.4, -0.2) is 22.8 Å². The second kappa shape index (κ2) is 5.19. The maximum absolute atomic E-state index is 4.37. The molecule has 0 aliphatic rings. The summed E-state index contributed by atoms with van der Waals surface area (Å²) in [6.45, 7) is 7.44. The van der Waals surface area contributed by atoms with Crippen molar-refractivity contribution in [1.29, 1.82) is 0 Å². The van der Waals surface area contributed by atoms with Gasteiger partial charge >= 0.3 is 0 Å². The topological polar surface area (TPSA) is 30.7 Å². The Morgan fingerprint density at radius 2 is 2.11 bits per heavy atom. The van der Waals surface area contributed by atoms with E-state index in [2.05, 4.69) is 47.3 Å². The van der Waals surface area contributed by atoms with E-state index >= 15 is 0 Å². The molecule has 0 radical (unpaired) electrons. The fourth-order valence-electron chi connectivity index (χ4n) is 1.42. The third kappa shape index (κ3) is 3.86. The van der Waals surface area contributed by atoms with Crippen LogP contribution in [-0.2, 0) is 6.54 Å². The molecule has 0 aliphatic heterocycles. The summed E-state index contributed by atoms with van der Waals surface area (Å²) in [4.78, 5) is 4.37. The van der Waals surface area contributed by atoms with Gasteiger partial charge in [0.15, 0.2) is 0 Å². The lowest BCUT2D eigenvalue weighted by molar-refractivity contribution is 0.685. The Bertz CT molecular complexity index is 554. The van der Waals surface area contributed by atoms with Gasteiger partial charge in [0.05, 0.1) is 6.54 Å². The Kier molecular flexibility index (Phi) is 3.63. The zero-order valence-electron chi connectivity index (χ0n) is 11.0. The van der Waals surface area contributed by atoms with Gasteiger partial charge in [-0.1, -0.05) is 31.6 Å². The van der Waals surface area contributed by atoms with Gasteiger partial charge in [-0.25, -0.2) is 4.98 Å². The summed E-state index contributed by atoms with van der Waals surface area (Å²) in [6, 6.07) is 5.95.